The summed E-state index contributed by atoms with van der Waals surface area (Å²) in [5.41, 5.74) is 2.93. The quantitative estimate of drug-likeness (QED) is 0.585. The predicted octanol–water partition coefficient (Wildman–Crippen LogP) is 3.34. The minimum absolute atomic E-state index is 0.00182. The molecule has 2 aliphatic rings. The molecule has 1 atom stereocenters. The van der Waals surface area contributed by atoms with Crippen LogP contribution in [0.3, 0.4) is 0 Å². The van der Waals surface area contributed by atoms with Gasteiger partial charge in [0.15, 0.2) is 11.4 Å². The Morgan fingerprint density at radius 1 is 1.06 bits per heavy atom. The Balaban J connectivity index is 1.70. The molecule has 8 heteroatoms. The Bertz CT molecular complexity index is 1210. The van der Waals surface area contributed by atoms with Gasteiger partial charge >= 0.3 is 0 Å². The number of fused-ring (bicyclic) bond motifs is 3. The molecule has 0 spiro atoms. The average Bonchev–Trinajstić information content (AvgIpc) is 3.00. The topological polar surface area (TPSA) is 75.0 Å². The highest BCUT2D eigenvalue weighted by Crippen LogP contribution is 2.42. The molecule has 1 N–H and O–H groups in total. The molecule has 1 unspecified atom stereocenters. The van der Waals surface area contributed by atoms with E-state index >= 15 is 0 Å². The number of ether oxygens (including phenoxy) is 1. The summed E-state index contributed by atoms with van der Waals surface area (Å²) in [6, 6.07) is 17.7. The highest BCUT2D eigenvalue weighted by atomic mass is 32.2. The van der Waals surface area contributed by atoms with Gasteiger partial charge in [-0.2, -0.15) is 0 Å². The number of methoxy groups -OCH3 is 1. The summed E-state index contributed by atoms with van der Waals surface area (Å²) < 4.78 is 6.83. The minimum atomic E-state index is -0.564. The van der Waals surface area contributed by atoms with E-state index in [0.717, 1.165) is 16.9 Å². The van der Waals surface area contributed by atoms with Crippen LogP contribution in [-0.4, -0.2) is 47.5 Å². The van der Waals surface area contributed by atoms with Crippen molar-refractivity contribution in [2.24, 2.45) is 0 Å². The van der Waals surface area contributed by atoms with Crippen molar-refractivity contribution >= 4 is 17.7 Å². The maximum Gasteiger partial charge on any atom is 0.277 e. The Kier molecular flexibility index (Phi) is 5.86. The van der Waals surface area contributed by atoms with Crippen molar-refractivity contribution in [1.82, 2.24) is 9.58 Å². The Morgan fingerprint density at radius 3 is 2.64 bits per heavy atom. The van der Waals surface area contributed by atoms with Crippen LogP contribution in [0, 0.1) is 0 Å². The molecule has 2 aromatic carbocycles. The molecule has 1 amide bonds. The first kappa shape index (κ1) is 21.6. The molecular formula is C25H25N3O4S. The van der Waals surface area contributed by atoms with Crippen molar-refractivity contribution in [3.05, 3.63) is 93.4 Å². The van der Waals surface area contributed by atoms with E-state index in [1.165, 1.54) is 16.5 Å². The third-order valence-corrected chi connectivity index (χ3v) is 7.30. The van der Waals surface area contributed by atoms with Crippen LogP contribution < -0.4 is 10.4 Å². The van der Waals surface area contributed by atoms with Crippen LogP contribution in [0.2, 0.25) is 0 Å². The van der Waals surface area contributed by atoms with Gasteiger partial charge < -0.3 is 14.7 Å². The van der Waals surface area contributed by atoms with Crippen molar-refractivity contribution in [2.75, 3.05) is 31.9 Å². The predicted molar refractivity (Wildman–Crippen MR) is 127 cm³/mol. The van der Waals surface area contributed by atoms with Gasteiger partial charge in [-0.25, -0.2) is 0 Å². The summed E-state index contributed by atoms with van der Waals surface area (Å²) in [7, 11) is 1.63. The van der Waals surface area contributed by atoms with Gasteiger partial charge in [-0.15, -0.1) is 11.8 Å². The zero-order valence-electron chi connectivity index (χ0n) is 18.3. The third-order valence-electron chi connectivity index (χ3n) is 6.16. The van der Waals surface area contributed by atoms with Crippen LogP contribution in [0.5, 0.6) is 5.75 Å². The van der Waals surface area contributed by atoms with Gasteiger partial charge in [-0.1, -0.05) is 42.5 Å². The number of aromatic nitrogens is 1. The number of pyridine rings is 1. The molecule has 5 rings (SSSR count). The molecule has 0 radical (unpaired) electrons. The molecule has 33 heavy (non-hydrogen) atoms. The summed E-state index contributed by atoms with van der Waals surface area (Å²) in [6.45, 7) is 1.29. The first-order chi connectivity index (χ1) is 16.1. The van der Waals surface area contributed by atoms with E-state index in [2.05, 4.69) is 29.3 Å². The fourth-order valence-corrected chi connectivity index (χ4v) is 5.67. The summed E-state index contributed by atoms with van der Waals surface area (Å²) >= 11 is 1.79. The molecule has 7 nitrogen and oxygen atoms in total. The van der Waals surface area contributed by atoms with Gasteiger partial charge in [0, 0.05) is 43.2 Å². The zero-order valence-corrected chi connectivity index (χ0v) is 19.1. The van der Waals surface area contributed by atoms with Crippen LogP contribution in [-0.2, 0) is 10.5 Å². The zero-order chi connectivity index (χ0) is 22.9. The minimum Gasteiger partial charge on any atom is -0.502 e. The SMILES string of the molecule is COCCCN1CN(C2c3ccccc3CSc3ccccc32)n2ccc(=O)c(O)c2C1=O. The molecule has 0 fully saturated rings. The summed E-state index contributed by atoms with van der Waals surface area (Å²) in [5.74, 6) is -0.0355. The van der Waals surface area contributed by atoms with Crippen molar-refractivity contribution in [1.29, 1.82) is 0 Å². The van der Waals surface area contributed by atoms with Gasteiger partial charge in [0.25, 0.3) is 5.91 Å². The highest BCUT2D eigenvalue weighted by molar-refractivity contribution is 7.98. The lowest BCUT2D eigenvalue weighted by atomic mass is 9.94. The largest absolute Gasteiger partial charge is 0.502 e. The summed E-state index contributed by atoms with van der Waals surface area (Å²) in [6.07, 6.45) is 2.24. The van der Waals surface area contributed by atoms with Crippen LogP contribution in [0.15, 0.2) is 70.5 Å². The van der Waals surface area contributed by atoms with Gasteiger partial charge in [-0.05, 0) is 29.2 Å². The average molecular weight is 464 g/mol. The first-order valence-corrected chi connectivity index (χ1v) is 11.9. The smallest absolute Gasteiger partial charge is 0.277 e. The normalized spacial score (nSPS) is 17.2. The molecule has 0 aliphatic carbocycles. The maximum atomic E-state index is 13.3. The summed E-state index contributed by atoms with van der Waals surface area (Å²) in [5, 5.41) is 12.7. The Hall–Kier alpha value is -3.23. The van der Waals surface area contributed by atoms with E-state index in [4.69, 9.17) is 4.74 Å². The molecule has 3 heterocycles. The second kappa shape index (κ2) is 8.96. The van der Waals surface area contributed by atoms with Gasteiger partial charge in [0.1, 0.15) is 6.67 Å². The molecule has 3 aromatic rings. The number of aromatic hydroxyl groups is 1. The van der Waals surface area contributed by atoms with Crippen molar-refractivity contribution in [3.8, 4) is 5.75 Å². The third kappa shape index (κ3) is 3.79. The van der Waals surface area contributed by atoms with Crippen LogP contribution >= 0.6 is 11.8 Å². The number of hydrogen-bond acceptors (Lipinski definition) is 6. The van der Waals surface area contributed by atoms with Crippen molar-refractivity contribution in [2.45, 2.75) is 23.1 Å². The molecular weight excluding hydrogens is 438 g/mol. The van der Waals surface area contributed by atoms with Crippen LogP contribution in [0.25, 0.3) is 0 Å². The standard InChI is InChI=1S/C25H25N3O4S/c1-32-14-6-12-26-16-28(27-13-11-20(29)24(30)23(27)25(26)31)22-18-8-3-2-7-17(18)15-33-21-10-5-4-9-19(21)22/h2-5,7-11,13,22,30H,6,12,14-16H2,1H3. The molecule has 2 aliphatic heterocycles. The first-order valence-electron chi connectivity index (χ1n) is 10.9. The second-order valence-corrected chi connectivity index (χ2v) is 9.16. The van der Waals surface area contributed by atoms with E-state index in [1.807, 2.05) is 24.3 Å². The molecule has 1 aromatic heterocycles. The number of benzene rings is 2. The lowest BCUT2D eigenvalue weighted by Crippen LogP contribution is -2.55. The Labute approximate surface area is 196 Å². The highest BCUT2D eigenvalue weighted by Gasteiger charge is 2.38. The number of amides is 1. The van der Waals surface area contributed by atoms with E-state index in [1.54, 1.807) is 34.6 Å². The summed E-state index contributed by atoms with van der Waals surface area (Å²) in [4.78, 5) is 28.4. The molecule has 0 bridgehead atoms. The van der Waals surface area contributed by atoms with E-state index in [-0.39, 0.29) is 17.6 Å². The van der Waals surface area contributed by atoms with E-state index in [0.29, 0.717) is 26.2 Å². The number of hydrogen-bond donors (Lipinski definition) is 1. The number of nitrogens with zero attached hydrogens (tertiary/aromatic N) is 3. The van der Waals surface area contributed by atoms with Crippen LogP contribution in [0.4, 0.5) is 0 Å². The van der Waals surface area contributed by atoms with Gasteiger partial charge in [-0.3, -0.25) is 19.3 Å². The van der Waals surface area contributed by atoms with Crippen molar-refractivity contribution < 1.29 is 14.6 Å². The van der Waals surface area contributed by atoms with E-state index in [9.17, 15) is 14.7 Å². The fraction of sp³-hybridized carbons (Fsp3) is 0.280. The number of carbonyl (C=O) groups is 1. The van der Waals surface area contributed by atoms with Crippen molar-refractivity contribution in [3.63, 3.8) is 0 Å². The molecule has 170 valence electrons. The monoisotopic (exact) mass is 463 g/mol. The Morgan fingerprint density at radius 2 is 1.82 bits per heavy atom. The second-order valence-electron chi connectivity index (χ2n) is 8.15. The lowest BCUT2D eigenvalue weighted by Gasteiger charge is -2.44. The number of rotatable bonds is 5. The fourth-order valence-electron chi connectivity index (χ4n) is 4.58. The van der Waals surface area contributed by atoms with E-state index < -0.39 is 11.2 Å². The van der Waals surface area contributed by atoms with Gasteiger partial charge in [0.2, 0.25) is 5.43 Å². The maximum absolute atomic E-state index is 13.3. The molecule has 0 saturated heterocycles. The van der Waals surface area contributed by atoms with Crippen LogP contribution in [0.1, 0.15) is 39.6 Å². The molecule has 0 saturated carbocycles. The number of carbonyl (C=O) groups excluding carboxylic acids is 1. The van der Waals surface area contributed by atoms with Gasteiger partial charge in [0.05, 0.1) is 6.04 Å². The lowest BCUT2D eigenvalue weighted by molar-refractivity contribution is 0.0659. The number of thioether (sulfide) groups is 1.